The number of halogens is 1. The van der Waals surface area contributed by atoms with E-state index in [0.717, 1.165) is 11.0 Å². The summed E-state index contributed by atoms with van der Waals surface area (Å²) >= 11 is 5.72. The average Bonchev–Trinajstić information content (AvgIpc) is 2.82. The minimum Gasteiger partial charge on any atom is -0.357 e. The first-order valence-corrected chi connectivity index (χ1v) is 4.89. The SMILES string of the molecule is Clc1ncnc2cc[nH]c12.c1cncnc1. The summed E-state index contributed by atoms with van der Waals surface area (Å²) in [6.45, 7) is 0. The van der Waals surface area contributed by atoms with E-state index in [-0.39, 0.29) is 0 Å². The highest BCUT2D eigenvalue weighted by molar-refractivity contribution is 6.33. The molecule has 0 bridgehead atoms. The van der Waals surface area contributed by atoms with E-state index in [1.165, 1.54) is 12.7 Å². The van der Waals surface area contributed by atoms with Crippen molar-refractivity contribution >= 4 is 22.6 Å². The first kappa shape index (κ1) is 10.5. The van der Waals surface area contributed by atoms with Gasteiger partial charge in [-0.05, 0) is 12.1 Å². The number of hydrogen-bond donors (Lipinski definition) is 1. The number of rotatable bonds is 0. The standard InChI is InChI=1S/C6H4ClN3.C4H4N2/c7-6-5-4(1-2-8-5)9-3-10-6;1-2-5-4-6-3-1/h1-3,8H;1-4H. The third-order valence-corrected chi connectivity index (χ3v) is 2.06. The van der Waals surface area contributed by atoms with Crippen molar-refractivity contribution in [3.05, 3.63) is 48.5 Å². The summed E-state index contributed by atoms with van der Waals surface area (Å²) in [5.74, 6) is 0. The van der Waals surface area contributed by atoms with E-state index >= 15 is 0 Å². The van der Waals surface area contributed by atoms with Crippen LogP contribution in [0.25, 0.3) is 11.0 Å². The summed E-state index contributed by atoms with van der Waals surface area (Å²) in [6.07, 6.45) is 8.10. The highest BCUT2D eigenvalue weighted by atomic mass is 35.5. The molecule has 0 radical (unpaired) electrons. The summed E-state index contributed by atoms with van der Waals surface area (Å²) in [4.78, 5) is 18.1. The molecule has 3 aromatic rings. The van der Waals surface area contributed by atoms with Gasteiger partial charge in [0.1, 0.15) is 18.2 Å². The lowest BCUT2D eigenvalue weighted by Crippen LogP contribution is -1.79. The molecule has 0 fully saturated rings. The molecule has 3 rings (SSSR count). The normalized spacial score (nSPS) is 9.56. The third kappa shape index (κ3) is 2.52. The van der Waals surface area contributed by atoms with E-state index in [1.807, 2.05) is 6.07 Å². The zero-order valence-electron chi connectivity index (χ0n) is 8.21. The summed E-state index contributed by atoms with van der Waals surface area (Å²) in [6, 6.07) is 3.63. The Kier molecular flexibility index (Phi) is 3.40. The second kappa shape index (κ2) is 5.18. The predicted octanol–water partition coefficient (Wildman–Crippen LogP) is 2.09. The number of nitrogens with zero attached hydrogens (tertiary/aromatic N) is 4. The Balaban J connectivity index is 0.000000138. The van der Waals surface area contributed by atoms with Gasteiger partial charge in [-0.1, -0.05) is 11.6 Å². The van der Waals surface area contributed by atoms with Crippen LogP contribution in [-0.2, 0) is 0 Å². The molecule has 0 saturated heterocycles. The molecule has 0 aliphatic heterocycles. The molecule has 3 heterocycles. The van der Waals surface area contributed by atoms with Gasteiger partial charge in [0.15, 0.2) is 5.15 Å². The van der Waals surface area contributed by atoms with Crippen molar-refractivity contribution in [3.8, 4) is 0 Å². The maximum Gasteiger partial charge on any atom is 0.156 e. The Hall–Kier alpha value is -2.01. The van der Waals surface area contributed by atoms with Crippen LogP contribution < -0.4 is 0 Å². The van der Waals surface area contributed by atoms with E-state index in [9.17, 15) is 0 Å². The monoisotopic (exact) mass is 233 g/mol. The van der Waals surface area contributed by atoms with Crippen molar-refractivity contribution in [1.29, 1.82) is 0 Å². The van der Waals surface area contributed by atoms with Crippen LogP contribution in [0.5, 0.6) is 0 Å². The zero-order valence-corrected chi connectivity index (χ0v) is 8.96. The number of hydrogen-bond acceptors (Lipinski definition) is 4. The lowest BCUT2D eigenvalue weighted by Gasteiger charge is -1.88. The van der Waals surface area contributed by atoms with Crippen LogP contribution in [0.4, 0.5) is 0 Å². The summed E-state index contributed by atoms with van der Waals surface area (Å²) in [5, 5.41) is 0.468. The van der Waals surface area contributed by atoms with Gasteiger partial charge >= 0.3 is 0 Å². The summed E-state index contributed by atoms with van der Waals surface area (Å²) in [7, 11) is 0. The Bertz CT molecular complexity index is 524. The molecule has 3 aromatic heterocycles. The predicted molar refractivity (Wildman–Crippen MR) is 60.9 cm³/mol. The summed E-state index contributed by atoms with van der Waals surface area (Å²) in [5.41, 5.74) is 1.64. The minimum absolute atomic E-state index is 0.468. The number of aromatic nitrogens is 5. The van der Waals surface area contributed by atoms with Crippen molar-refractivity contribution in [1.82, 2.24) is 24.9 Å². The Morgan fingerprint density at radius 3 is 2.44 bits per heavy atom. The van der Waals surface area contributed by atoms with Gasteiger partial charge in [-0.3, -0.25) is 0 Å². The molecule has 0 saturated carbocycles. The van der Waals surface area contributed by atoms with Crippen molar-refractivity contribution in [2.75, 3.05) is 0 Å². The topological polar surface area (TPSA) is 67.3 Å². The van der Waals surface area contributed by atoms with E-state index in [0.29, 0.717) is 5.15 Å². The van der Waals surface area contributed by atoms with Gasteiger partial charge in [-0.25, -0.2) is 19.9 Å². The second-order valence-electron chi connectivity index (χ2n) is 2.81. The molecular formula is C10H8ClN5. The lowest BCUT2D eigenvalue weighted by molar-refractivity contribution is 1.17. The van der Waals surface area contributed by atoms with Crippen LogP contribution in [0.3, 0.4) is 0 Å². The fourth-order valence-corrected chi connectivity index (χ4v) is 1.29. The Morgan fingerprint density at radius 2 is 1.88 bits per heavy atom. The summed E-state index contributed by atoms with van der Waals surface area (Å²) < 4.78 is 0. The number of fused-ring (bicyclic) bond motifs is 1. The molecule has 0 aliphatic rings. The first-order valence-electron chi connectivity index (χ1n) is 4.51. The number of aromatic amines is 1. The maximum atomic E-state index is 5.72. The van der Waals surface area contributed by atoms with Gasteiger partial charge in [0.2, 0.25) is 0 Å². The molecule has 0 aliphatic carbocycles. The van der Waals surface area contributed by atoms with Gasteiger partial charge in [0.05, 0.1) is 5.52 Å². The number of H-pyrrole nitrogens is 1. The van der Waals surface area contributed by atoms with Gasteiger partial charge in [-0.2, -0.15) is 0 Å². The van der Waals surface area contributed by atoms with Crippen LogP contribution in [-0.4, -0.2) is 24.9 Å². The van der Waals surface area contributed by atoms with Gasteiger partial charge in [0.25, 0.3) is 0 Å². The number of nitrogens with one attached hydrogen (secondary N) is 1. The largest absolute Gasteiger partial charge is 0.357 e. The van der Waals surface area contributed by atoms with E-state index in [4.69, 9.17) is 11.6 Å². The molecule has 5 nitrogen and oxygen atoms in total. The molecule has 0 atom stereocenters. The second-order valence-corrected chi connectivity index (χ2v) is 3.16. The van der Waals surface area contributed by atoms with E-state index in [1.54, 1.807) is 24.7 Å². The van der Waals surface area contributed by atoms with E-state index in [2.05, 4.69) is 24.9 Å². The Morgan fingerprint density at radius 1 is 1.06 bits per heavy atom. The molecule has 16 heavy (non-hydrogen) atoms. The smallest absolute Gasteiger partial charge is 0.156 e. The molecule has 0 aromatic carbocycles. The van der Waals surface area contributed by atoms with Gasteiger partial charge in [-0.15, -0.1) is 0 Å². The van der Waals surface area contributed by atoms with E-state index < -0.39 is 0 Å². The molecule has 0 unspecified atom stereocenters. The molecule has 1 N–H and O–H groups in total. The fraction of sp³-hybridized carbons (Fsp3) is 0. The van der Waals surface area contributed by atoms with Gasteiger partial charge in [0, 0.05) is 18.6 Å². The van der Waals surface area contributed by atoms with Crippen LogP contribution in [0.2, 0.25) is 5.15 Å². The molecule has 80 valence electrons. The third-order valence-electron chi connectivity index (χ3n) is 1.78. The van der Waals surface area contributed by atoms with Crippen LogP contribution in [0.15, 0.2) is 43.4 Å². The highest BCUT2D eigenvalue weighted by Gasteiger charge is 1.98. The fourth-order valence-electron chi connectivity index (χ4n) is 1.09. The van der Waals surface area contributed by atoms with Crippen molar-refractivity contribution in [3.63, 3.8) is 0 Å². The molecule has 0 spiro atoms. The molecule has 0 amide bonds. The minimum atomic E-state index is 0.468. The van der Waals surface area contributed by atoms with Crippen LogP contribution >= 0.6 is 11.6 Å². The average molecular weight is 234 g/mol. The zero-order chi connectivity index (χ0) is 11.2. The quantitative estimate of drug-likeness (QED) is 0.604. The maximum absolute atomic E-state index is 5.72. The van der Waals surface area contributed by atoms with Crippen molar-refractivity contribution in [2.45, 2.75) is 0 Å². The van der Waals surface area contributed by atoms with Gasteiger partial charge < -0.3 is 4.98 Å². The van der Waals surface area contributed by atoms with Crippen LogP contribution in [0, 0.1) is 0 Å². The first-order chi connectivity index (χ1) is 7.88. The molecule has 6 heteroatoms. The molecular weight excluding hydrogens is 226 g/mol. The lowest BCUT2D eigenvalue weighted by atomic mass is 10.5. The van der Waals surface area contributed by atoms with Crippen molar-refractivity contribution in [2.24, 2.45) is 0 Å². The van der Waals surface area contributed by atoms with Crippen LogP contribution in [0.1, 0.15) is 0 Å². The Labute approximate surface area is 96.6 Å². The highest BCUT2D eigenvalue weighted by Crippen LogP contribution is 2.15. The van der Waals surface area contributed by atoms with Crippen molar-refractivity contribution < 1.29 is 0 Å².